The lowest BCUT2D eigenvalue weighted by molar-refractivity contribution is -0.330. The van der Waals surface area contributed by atoms with E-state index in [1.54, 1.807) is 26.8 Å². The zero-order valence-corrected chi connectivity index (χ0v) is 19.2. The third-order valence-corrected chi connectivity index (χ3v) is 5.50. The fourth-order valence-corrected chi connectivity index (χ4v) is 3.95. The first-order valence-corrected chi connectivity index (χ1v) is 11.0. The van der Waals surface area contributed by atoms with Crippen molar-refractivity contribution in [3.05, 3.63) is 35.4 Å². The summed E-state index contributed by atoms with van der Waals surface area (Å²) in [7, 11) is 0. The van der Waals surface area contributed by atoms with E-state index in [2.05, 4.69) is 35.5 Å². The number of carbonyl (C=O) groups excluding carboxylic acids is 1. The number of hydrogen-bond acceptors (Lipinski definition) is 7. The van der Waals surface area contributed by atoms with E-state index in [1.165, 1.54) is 16.8 Å². The highest BCUT2D eigenvalue weighted by molar-refractivity contribution is 5.67. The van der Waals surface area contributed by atoms with Crippen molar-refractivity contribution in [1.82, 2.24) is 29.9 Å². The zero-order valence-electron chi connectivity index (χ0n) is 19.2. The SMILES string of the molecule is Cc1cnc(Nc2cc([C@@H]3CC[C@H](OC(=O)NC(C)C)[C@H]3F)[nH]n2)n2cc(COC(F)(F)F)nc12. The number of H-pyrrole nitrogens is 1. The first-order chi connectivity index (χ1) is 16.5. The number of alkyl carbamates (subject to hydrolysis) is 1. The van der Waals surface area contributed by atoms with Gasteiger partial charge in [0.15, 0.2) is 5.82 Å². The van der Waals surface area contributed by atoms with Crippen molar-refractivity contribution in [1.29, 1.82) is 0 Å². The molecule has 10 nitrogen and oxygen atoms in total. The molecule has 0 unspecified atom stereocenters. The van der Waals surface area contributed by atoms with Crippen LogP contribution in [-0.2, 0) is 16.1 Å². The van der Waals surface area contributed by atoms with Crippen molar-refractivity contribution in [3.63, 3.8) is 0 Å². The fourth-order valence-electron chi connectivity index (χ4n) is 3.95. The molecule has 1 amide bonds. The van der Waals surface area contributed by atoms with E-state index < -0.39 is 37.3 Å². The summed E-state index contributed by atoms with van der Waals surface area (Å²) in [4.78, 5) is 20.3. The monoisotopic (exact) mass is 499 g/mol. The van der Waals surface area contributed by atoms with Crippen molar-refractivity contribution in [2.45, 2.75) is 70.8 Å². The lowest BCUT2D eigenvalue weighted by atomic mass is 10.0. The Labute approximate surface area is 197 Å². The Morgan fingerprint density at radius 2 is 2.11 bits per heavy atom. The number of imidazole rings is 1. The van der Waals surface area contributed by atoms with Gasteiger partial charge in [0, 0.05) is 41.7 Å². The van der Waals surface area contributed by atoms with Gasteiger partial charge in [-0.05, 0) is 33.6 Å². The van der Waals surface area contributed by atoms with Gasteiger partial charge in [0.2, 0.25) is 5.95 Å². The Hall–Kier alpha value is -3.42. The second-order valence-corrected chi connectivity index (χ2v) is 8.63. The van der Waals surface area contributed by atoms with Gasteiger partial charge in [0.1, 0.15) is 17.9 Å². The summed E-state index contributed by atoms with van der Waals surface area (Å²) < 4.78 is 62.7. The van der Waals surface area contributed by atoms with E-state index in [0.29, 0.717) is 35.6 Å². The van der Waals surface area contributed by atoms with Crippen molar-refractivity contribution < 1.29 is 31.8 Å². The number of alkyl halides is 4. The number of fused-ring (bicyclic) bond motifs is 1. The molecule has 3 heterocycles. The number of halogens is 4. The molecule has 0 aromatic carbocycles. The van der Waals surface area contributed by atoms with Crippen LogP contribution in [0.2, 0.25) is 0 Å². The minimum atomic E-state index is -4.77. The summed E-state index contributed by atoms with van der Waals surface area (Å²) in [6.45, 7) is 4.54. The topological polar surface area (TPSA) is 118 Å². The summed E-state index contributed by atoms with van der Waals surface area (Å²) in [5.74, 6) is 0.0398. The maximum absolute atomic E-state index is 15.0. The van der Waals surface area contributed by atoms with Gasteiger partial charge < -0.3 is 15.4 Å². The van der Waals surface area contributed by atoms with Crippen LogP contribution in [0.25, 0.3) is 5.65 Å². The highest BCUT2D eigenvalue weighted by atomic mass is 19.4. The molecule has 1 saturated carbocycles. The molecule has 35 heavy (non-hydrogen) atoms. The first-order valence-electron chi connectivity index (χ1n) is 11.0. The first kappa shape index (κ1) is 24.7. The minimum Gasteiger partial charge on any atom is -0.443 e. The Morgan fingerprint density at radius 1 is 1.34 bits per heavy atom. The number of anilines is 2. The third kappa shape index (κ3) is 5.81. The summed E-state index contributed by atoms with van der Waals surface area (Å²) in [6, 6.07) is 1.50. The number of amides is 1. The van der Waals surface area contributed by atoms with Gasteiger partial charge >= 0.3 is 12.5 Å². The number of ether oxygens (including phenoxy) is 2. The van der Waals surface area contributed by atoms with Crippen LogP contribution in [0, 0.1) is 6.92 Å². The lowest BCUT2D eigenvalue weighted by Gasteiger charge is -2.18. The van der Waals surface area contributed by atoms with Crippen LogP contribution in [0.1, 0.15) is 49.6 Å². The standard InChI is InChI=1S/C21H25F4N7O3/c1-10(2)27-20(33)35-15-5-4-13(17(15)22)14-6-16(31-30-14)29-19-26-7-11(3)18-28-12(8-32(18)19)9-34-21(23,24)25/h6-8,10,13,15,17H,4-5,9H2,1-3H3,(H,27,33)(H2,26,29,30,31)/t13-,15-,17-/m0/s1. The van der Waals surface area contributed by atoms with E-state index in [4.69, 9.17) is 4.74 Å². The number of aromatic amines is 1. The molecule has 14 heteroatoms. The van der Waals surface area contributed by atoms with Gasteiger partial charge in [0.05, 0.1) is 12.3 Å². The van der Waals surface area contributed by atoms with Gasteiger partial charge in [-0.1, -0.05) is 0 Å². The van der Waals surface area contributed by atoms with Gasteiger partial charge in [-0.2, -0.15) is 5.10 Å². The smallest absolute Gasteiger partial charge is 0.443 e. The Bertz CT molecular complexity index is 1190. The molecule has 190 valence electrons. The van der Waals surface area contributed by atoms with Crippen LogP contribution in [0.4, 0.5) is 34.1 Å². The molecule has 1 aliphatic rings. The van der Waals surface area contributed by atoms with Crippen molar-refractivity contribution in [2.75, 3.05) is 5.32 Å². The Kier molecular flexibility index (Phi) is 6.83. The highest BCUT2D eigenvalue weighted by Crippen LogP contribution is 2.38. The van der Waals surface area contributed by atoms with Crippen LogP contribution < -0.4 is 10.6 Å². The number of nitrogens with one attached hydrogen (secondary N) is 3. The summed E-state index contributed by atoms with van der Waals surface area (Å²) in [5.41, 5.74) is 1.64. The predicted molar refractivity (Wildman–Crippen MR) is 116 cm³/mol. The molecular weight excluding hydrogens is 474 g/mol. The summed E-state index contributed by atoms with van der Waals surface area (Å²) in [6.07, 6.45) is -3.96. The van der Waals surface area contributed by atoms with Gasteiger partial charge in [0.25, 0.3) is 0 Å². The molecule has 3 atom stereocenters. The average Bonchev–Trinajstić information content (AvgIpc) is 3.47. The molecule has 0 bridgehead atoms. The van der Waals surface area contributed by atoms with E-state index in [1.807, 2.05) is 0 Å². The minimum absolute atomic E-state index is 0.0722. The van der Waals surface area contributed by atoms with Crippen LogP contribution in [0.3, 0.4) is 0 Å². The maximum atomic E-state index is 15.0. The molecule has 0 radical (unpaired) electrons. The number of rotatable bonds is 7. The van der Waals surface area contributed by atoms with E-state index in [9.17, 15) is 22.4 Å². The van der Waals surface area contributed by atoms with Gasteiger partial charge in [-0.3, -0.25) is 14.2 Å². The number of carbonyl (C=O) groups is 1. The Balaban J connectivity index is 1.46. The van der Waals surface area contributed by atoms with Crippen LogP contribution >= 0.6 is 0 Å². The van der Waals surface area contributed by atoms with E-state index in [0.717, 1.165) is 0 Å². The van der Waals surface area contributed by atoms with Gasteiger partial charge in [-0.15, -0.1) is 13.2 Å². The second kappa shape index (κ2) is 9.68. The molecule has 0 aliphatic heterocycles. The second-order valence-electron chi connectivity index (χ2n) is 8.63. The normalized spacial score (nSPS) is 20.5. The zero-order chi connectivity index (χ0) is 25.3. The number of aryl methyl sites for hydroxylation is 1. The Morgan fingerprint density at radius 3 is 2.83 bits per heavy atom. The molecule has 3 N–H and O–H groups in total. The van der Waals surface area contributed by atoms with Crippen LogP contribution in [0.5, 0.6) is 0 Å². The molecule has 0 spiro atoms. The molecule has 3 aromatic rings. The largest absolute Gasteiger partial charge is 0.522 e. The van der Waals surface area contributed by atoms with Crippen LogP contribution in [-0.4, -0.2) is 55.3 Å². The maximum Gasteiger partial charge on any atom is 0.522 e. The van der Waals surface area contributed by atoms with Crippen molar-refractivity contribution >= 4 is 23.5 Å². The third-order valence-electron chi connectivity index (χ3n) is 5.50. The summed E-state index contributed by atoms with van der Waals surface area (Å²) >= 11 is 0. The quantitative estimate of drug-likeness (QED) is 0.416. The van der Waals surface area contributed by atoms with Crippen molar-refractivity contribution in [3.8, 4) is 0 Å². The predicted octanol–water partition coefficient (Wildman–Crippen LogP) is 4.26. The molecule has 3 aromatic heterocycles. The van der Waals surface area contributed by atoms with E-state index >= 15 is 0 Å². The van der Waals surface area contributed by atoms with Crippen molar-refractivity contribution in [2.24, 2.45) is 0 Å². The fraction of sp³-hybridized carbons (Fsp3) is 0.524. The van der Waals surface area contributed by atoms with E-state index in [-0.39, 0.29) is 17.7 Å². The number of hydrogen-bond donors (Lipinski definition) is 3. The van der Waals surface area contributed by atoms with Gasteiger partial charge in [-0.25, -0.2) is 19.2 Å². The lowest BCUT2D eigenvalue weighted by Crippen LogP contribution is -2.36. The number of aromatic nitrogens is 5. The molecule has 4 rings (SSSR count). The molecule has 1 fully saturated rings. The van der Waals surface area contributed by atoms with Crippen LogP contribution in [0.15, 0.2) is 18.5 Å². The summed E-state index contributed by atoms with van der Waals surface area (Å²) in [5, 5.41) is 12.5. The molecule has 1 aliphatic carbocycles. The molecular formula is C21H25F4N7O3. The average molecular weight is 499 g/mol. The molecule has 0 saturated heterocycles. The number of nitrogens with zero attached hydrogens (tertiary/aromatic N) is 4. The highest BCUT2D eigenvalue weighted by Gasteiger charge is 2.41.